The molecule has 26 heavy (non-hydrogen) atoms. The van der Waals surface area contributed by atoms with Crippen LogP contribution in [-0.2, 0) is 6.54 Å². The van der Waals surface area contributed by atoms with Crippen molar-refractivity contribution in [1.82, 2.24) is 24.4 Å². The molecule has 1 aliphatic heterocycles. The molecule has 0 saturated carbocycles. The van der Waals surface area contributed by atoms with E-state index in [1.807, 2.05) is 18.7 Å². The largest absolute Gasteiger partial charge is 0.346 e. The van der Waals surface area contributed by atoms with Gasteiger partial charge in [-0.05, 0) is 30.5 Å². The zero-order valence-electron chi connectivity index (χ0n) is 15.0. The fourth-order valence-electron chi connectivity index (χ4n) is 4.24. The monoisotopic (exact) mass is 345 g/mol. The number of H-pyrrole nitrogens is 1. The van der Waals surface area contributed by atoms with Crippen molar-refractivity contribution in [2.24, 2.45) is 5.92 Å². The van der Waals surface area contributed by atoms with Gasteiger partial charge in [-0.1, -0.05) is 37.3 Å². The predicted octanol–water partition coefficient (Wildman–Crippen LogP) is 4.00. The summed E-state index contributed by atoms with van der Waals surface area (Å²) in [5.41, 5.74) is 4.50. The van der Waals surface area contributed by atoms with Gasteiger partial charge < -0.3 is 9.55 Å². The van der Waals surface area contributed by atoms with Crippen molar-refractivity contribution in [1.29, 1.82) is 0 Å². The Kier molecular flexibility index (Phi) is 3.75. The molecule has 0 aliphatic carbocycles. The highest BCUT2D eigenvalue weighted by molar-refractivity contribution is 6.00. The molecule has 1 aliphatic rings. The molecule has 1 saturated heterocycles. The third kappa shape index (κ3) is 2.59. The Morgan fingerprint density at radius 2 is 2.04 bits per heavy atom. The van der Waals surface area contributed by atoms with Crippen molar-refractivity contribution in [3.05, 3.63) is 60.7 Å². The van der Waals surface area contributed by atoms with Crippen LogP contribution in [0.15, 0.2) is 55.1 Å². The topological polar surface area (TPSA) is 49.7 Å². The van der Waals surface area contributed by atoms with Crippen molar-refractivity contribution in [3.8, 4) is 0 Å². The molecule has 0 bridgehead atoms. The first kappa shape index (κ1) is 15.6. The molecule has 5 nitrogen and oxygen atoms in total. The molecule has 5 rings (SSSR count). The summed E-state index contributed by atoms with van der Waals surface area (Å²) in [6.07, 6.45) is 7.05. The van der Waals surface area contributed by atoms with E-state index in [1.54, 1.807) is 0 Å². The van der Waals surface area contributed by atoms with Gasteiger partial charge in [0.05, 0.1) is 24.1 Å². The maximum atomic E-state index is 4.64. The third-order valence-electron chi connectivity index (χ3n) is 5.73. The van der Waals surface area contributed by atoms with Gasteiger partial charge in [-0.2, -0.15) is 0 Å². The lowest BCUT2D eigenvalue weighted by Gasteiger charge is -2.38. The Balaban J connectivity index is 1.50. The van der Waals surface area contributed by atoms with Crippen LogP contribution >= 0.6 is 0 Å². The molecular formula is C21H23N5. The van der Waals surface area contributed by atoms with Crippen molar-refractivity contribution >= 4 is 22.1 Å². The number of piperidine rings is 1. The summed E-state index contributed by atoms with van der Waals surface area (Å²) in [6.45, 7) is 5.58. The number of imidazole rings is 1. The lowest BCUT2D eigenvalue weighted by molar-refractivity contribution is 0.128. The number of fused-ring (bicyclic) bond motifs is 3. The summed E-state index contributed by atoms with van der Waals surface area (Å²) in [7, 11) is 0. The summed E-state index contributed by atoms with van der Waals surface area (Å²) in [5, 5.41) is 1.16. The highest BCUT2D eigenvalue weighted by atomic mass is 15.2. The SMILES string of the molecule is C[C@H]1CCN(Cc2ccccc2)C[C@H]1n1cnc2cnc3[nH]ccc3c21. The molecule has 1 N–H and O–H groups in total. The number of nitrogens with zero attached hydrogens (tertiary/aromatic N) is 4. The summed E-state index contributed by atoms with van der Waals surface area (Å²) < 4.78 is 2.38. The first-order valence-electron chi connectivity index (χ1n) is 9.34. The lowest BCUT2D eigenvalue weighted by atomic mass is 9.92. The molecule has 2 atom stereocenters. The molecule has 0 radical (unpaired) electrons. The molecule has 1 fully saturated rings. The summed E-state index contributed by atoms with van der Waals surface area (Å²) in [6, 6.07) is 13.3. The molecule has 132 valence electrons. The first-order valence-corrected chi connectivity index (χ1v) is 9.34. The van der Waals surface area contributed by atoms with E-state index in [0.717, 1.165) is 36.2 Å². The minimum Gasteiger partial charge on any atom is -0.346 e. The second-order valence-corrected chi connectivity index (χ2v) is 7.44. The van der Waals surface area contributed by atoms with E-state index >= 15 is 0 Å². The molecule has 4 aromatic rings. The van der Waals surface area contributed by atoms with E-state index in [9.17, 15) is 0 Å². The smallest absolute Gasteiger partial charge is 0.139 e. The Morgan fingerprint density at radius 1 is 1.15 bits per heavy atom. The van der Waals surface area contributed by atoms with Crippen molar-refractivity contribution in [3.63, 3.8) is 0 Å². The van der Waals surface area contributed by atoms with Crippen LogP contribution in [-0.4, -0.2) is 37.5 Å². The van der Waals surface area contributed by atoms with Gasteiger partial charge in [0.1, 0.15) is 11.2 Å². The highest BCUT2D eigenvalue weighted by Gasteiger charge is 2.29. The van der Waals surface area contributed by atoms with Crippen LogP contribution in [0.5, 0.6) is 0 Å². The molecule has 0 unspecified atom stereocenters. The number of pyridine rings is 1. The number of rotatable bonds is 3. The number of hydrogen-bond donors (Lipinski definition) is 1. The molecular weight excluding hydrogens is 322 g/mol. The Hall–Kier alpha value is -2.66. The Labute approximate surface area is 152 Å². The number of aromatic nitrogens is 4. The fraction of sp³-hybridized carbons (Fsp3) is 0.333. The molecule has 4 heterocycles. The molecule has 0 spiro atoms. The van der Waals surface area contributed by atoms with Crippen LogP contribution in [0, 0.1) is 5.92 Å². The van der Waals surface area contributed by atoms with Gasteiger partial charge >= 0.3 is 0 Å². The van der Waals surface area contributed by atoms with E-state index in [-0.39, 0.29) is 0 Å². The maximum Gasteiger partial charge on any atom is 0.139 e. The minimum atomic E-state index is 0.429. The van der Waals surface area contributed by atoms with E-state index < -0.39 is 0 Å². The predicted molar refractivity (Wildman–Crippen MR) is 104 cm³/mol. The second kappa shape index (κ2) is 6.25. The number of aromatic amines is 1. The van der Waals surface area contributed by atoms with Gasteiger partial charge in [0, 0.05) is 24.7 Å². The lowest BCUT2D eigenvalue weighted by Crippen LogP contribution is -2.40. The summed E-state index contributed by atoms with van der Waals surface area (Å²) in [5.74, 6) is 0.626. The van der Waals surface area contributed by atoms with E-state index in [1.165, 1.54) is 17.5 Å². The van der Waals surface area contributed by atoms with Crippen LogP contribution < -0.4 is 0 Å². The molecule has 1 aromatic carbocycles. The van der Waals surface area contributed by atoms with E-state index in [2.05, 4.69) is 67.7 Å². The second-order valence-electron chi connectivity index (χ2n) is 7.44. The Bertz CT molecular complexity index is 1030. The van der Waals surface area contributed by atoms with Crippen LogP contribution in [0.25, 0.3) is 22.1 Å². The van der Waals surface area contributed by atoms with Crippen LogP contribution in [0.1, 0.15) is 24.9 Å². The minimum absolute atomic E-state index is 0.429. The zero-order valence-corrected chi connectivity index (χ0v) is 15.0. The van der Waals surface area contributed by atoms with E-state index in [0.29, 0.717) is 12.0 Å². The number of benzene rings is 1. The van der Waals surface area contributed by atoms with Gasteiger partial charge in [0.2, 0.25) is 0 Å². The highest BCUT2D eigenvalue weighted by Crippen LogP contribution is 2.33. The Morgan fingerprint density at radius 3 is 2.92 bits per heavy atom. The third-order valence-corrected chi connectivity index (χ3v) is 5.73. The first-order chi connectivity index (χ1) is 12.8. The van der Waals surface area contributed by atoms with Crippen LogP contribution in [0.3, 0.4) is 0 Å². The van der Waals surface area contributed by atoms with Gasteiger partial charge in [0.25, 0.3) is 0 Å². The van der Waals surface area contributed by atoms with Crippen LogP contribution in [0.4, 0.5) is 0 Å². The van der Waals surface area contributed by atoms with Gasteiger partial charge in [-0.3, -0.25) is 4.90 Å². The summed E-state index contributed by atoms with van der Waals surface area (Å²) in [4.78, 5) is 14.9. The van der Waals surface area contributed by atoms with Crippen LogP contribution in [0.2, 0.25) is 0 Å². The summed E-state index contributed by atoms with van der Waals surface area (Å²) >= 11 is 0. The molecule has 3 aromatic heterocycles. The average molecular weight is 345 g/mol. The zero-order chi connectivity index (χ0) is 17.5. The molecule has 0 amide bonds. The normalized spacial score (nSPS) is 21.6. The quantitative estimate of drug-likeness (QED) is 0.611. The van der Waals surface area contributed by atoms with Crippen molar-refractivity contribution in [2.45, 2.75) is 25.9 Å². The average Bonchev–Trinajstić information content (AvgIpc) is 3.30. The van der Waals surface area contributed by atoms with Gasteiger partial charge in [-0.15, -0.1) is 0 Å². The van der Waals surface area contributed by atoms with Gasteiger partial charge in [-0.25, -0.2) is 9.97 Å². The number of hydrogen-bond acceptors (Lipinski definition) is 3. The van der Waals surface area contributed by atoms with Crippen molar-refractivity contribution < 1.29 is 0 Å². The van der Waals surface area contributed by atoms with Crippen molar-refractivity contribution in [2.75, 3.05) is 13.1 Å². The number of likely N-dealkylation sites (tertiary alicyclic amines) is 1. The fourth-order valence-corrected chi connectivity index (χ4v) is 4.24. The van der Waals surface area contributed by atoms with Gasteiger partial charge in [0.15, 0.2) is 0 Å². The number of nitrogens with one attached hydrogen (secondary N) is 1. The standard InChI is InChI=1S/C21H23N5/c1-15-8-10-25(12-16-5-3-2-4-6-16)13-19(15)26-14-24-18-11-23-21-17(20(18)26)7-9-22-21/h2-7,9,11,14-15,19H,8,10,12-13H2,1H3,(H,22,23)/t15-,19+/m0/s1. The molecule has 5 heteroatoms. The van der Waals surface area contributed by atoms with E-state index in [4.69, 9.17) is 0 Å². The maximum absolute atomic E-state index is 4.64.